The van der Waals surface area contributed by atoms with E-state index in [-0.39, 0.29) is 0 Å². The van der Waals surface area contributed by atoms with Gasteiger partial charge in [0.15, 0.2) is 5.82 Å². The summed E-state index contributed by atoms with van der Waals surface area (Å²) in [5.74, 6) is 0.652. The molecule has 0 atom stereocenters. The Morgan fingerprint density at radius 1 is 0.457 bits per heavy atom. The van der Waals surface area contributed by atoms with E-state index in [0.717, 1.165) is 49.5 Å². The van der Waals surface area contributed by atoms with Gasteiger partial charge in [0.05, 0.1) is 16.6 Å². The van der Waals surface area contributed by atoms with E-state index in [1.165, 1.54) is 38.2 Å². The van der Waals surface area contributed by atoms with Crippen LogP contribution in [0.1, 0.15) is 0 Å². The largest absolute Gasteiger partial charge is 0.455 e. The van der Waals surface area contributed by atoms with Gasteiger partial charge in [0, 0.05) is 50.4 Å². The summed E-state index contributed by atoms with van der Waals surface area (Å²) in [5.41, 5.74) is 8.42. The number of furan rings is 1. The van der Waals surface area contributed by atoms with Crippen LogP contribution in [-0.2, 0) is 0 Å². The van der Waals surface area contributed by atoms with Gasteiger partial charge in [-0.25, -0.2) is 9.97 Å². The van der Waals surface area contributed by atoms with Gasteiger partial charge in [0.1, 0.15) is 11.2 Å². The summed E-state index contributed by atoms with van der Waals surface area (Å²) >= 11 is 0. The standard InChI is InChI=1S/C42H25N3O/c1-2-10-26(11-3-1)27-18-21-29(22-19-27)45-35-23-20-28-12-4-5-13-30(28)36(35)38-37-33-16-8-17-34(42-43-24-9-25-44-42)40(33)46-41(37)32-15-7-6-14-31(32)39(38)45/h1-25H. The molecule has 0 bridgehead atoms. The van der Waals surface area contributed by atoms with Gasteiger partial charge in [-0.15, -0.1) is 0 Å². The van der Waals surface area contributed by atoms with Crippen LogP contribution in [0, 0.1) is 0 Å². The van der Waals surface area contributed by atoms with Crippen molar-refractivity contribution in [2.75, 3.05) is 0 Å². The number of benzene rings is 7. The van der Waals surface area contributed by atoms with Gasteiger partial charge in [-0.3, -0.25) is 0 Å². The minimum Gasteiger partial charge on any atom is -0.455 e. The van der Waals surface area contributed by atoms with E-state index in [2.05, 4.69) is 142 Å². The molecule has 0 spiro atoms. The highest BCUT2D eigenvalue weighted by Gasteiger charge is 2.25. The molecule has 4 nitrogen and oxygen atoms in total. The van der Waals surface area contributed by atoms with Crippen molar-refractivity contribution in [2.24, 2.45) is 0 Å². The number of nitrogens with zero attached hydrogens (tertiary/aromatic N) is 3. The Hall–Kier alpha value is -6.26. The Bertz CT molecular complexity index is 2780. The molecule has 0 amide bonds. The van der Waals surface area contributed by atoms with Crippen molar-refractivity contribution in [1.29, 1.82) is 0 Å². The van der Waals surface area contributed by atoms with Crippen LogP contribution in [0.4, 0.5) is 0 Å². The summed E-state index contributed by atoms with van der Waals surface area (Å²) < 4.78 is 9.35. The molecule has 3 heterocycles. The first-order valence-corrected chi connectivity index (χ1v) is 15.5. The molecule has 10 aromatic rings. The maximum absolute atomic E-state index is 6.91. The van der Waals surface area contributed by atoms with Gasteiger partial charge < -0.3 is 8.98 Å². The van der Waals surface area contributed by atoms with Gasteiger partial charge in [0.25, 0.3) is 0 Å². The fourth-order valence-corrected chi connectivity index (χ4v) is 7.32. The zero-order valence-electron chi connectivity index (χ0n) is 24.7. The number of rotatable bonds is 3. The highest BCUT2D eigenvalue weighted by atomic mass is 16.3. The van der Waals surface area contributed by atoms with Crippen LogP contribution < -0.4 is 0 Å². The molecule has 0 fully saturated rings. The van der Waals surface area contributed by atoms with Crippen LogP contribution in [-0.4, -0.2) is 14.5 Å². The molecule has 10 rings (SSSR count). The van der Waals surface area contributed by atoms with Gasteiger partial charge in [-0.2, -0.15) is 0 Å². The van der Waals surface area contributed by atoms with Crippen molar-refractivity contribution in [3.63, 3.8) is 0 Å². The molecule has 3 aromatic heterocycles. The maximum atomic E-state index is 6.91. The minimum atomic E-state index is 0.652. The van der Waals surface area contributed by atoms with Crippen LogP contribution >= 0.6 is 0 Å². The van der Waals surface area contributed by atoms with Crippen LogP contribution in [0.25, 0.3) is 93.5 Å². The molecular formula is C42H25N3O. The van der Waals surface area contributed by atoms with E-state index in [1.54, 1.807) is 12.4 Å². The van der Waals surface area contributed by atoms with Crippen molar-refractivity contribution in [1.82, 2.24) is 14.5 Å². The van der Waals surface area contributed by atoms with E-state index < -0.39 is 0 Å². The fourth-order valence-electron chi connectivity index (χ4n) is 7.32. The maximum Gasteiger partial charge on any atom is 0.162 e. The molecule has 0 saturated carbocycles. The zero-order valence-corrected chi connectivity index (χ0v) is 24.7. The molecule has 214 valence electrons. The normalized spacial score (nSPS) is 11.9. The van der Waals surface area contributed by atoms with Crippen molar-refractivity contribution in [3.05, 3.63) is 152 Å². The second-order valence-corrected chi connectivity index (χ2v) is 11.8. The number of fused-ring (bicyclic) bond motifs is 12. The molecule has 7 aromatic carbocycles. The third kappa shape index (κ3) is 3.49. The summed E-state index contributed by atoms with van der Waals surface area (Å²) in [7, 11) is 0. The summed E-state index contributed by atoms with van der Waals surface area (Å²) in [4.78, 5) is 9.16. The molecule has 0 unspecified atom stereocenters. The average molecular weight is 588 g/mol. The predicted octanol–water partition coefficient (Wildman–Crippen LogP) is 11.1. The van der Waals surface area contributed by atoms with Crippen LogP contribution in [0.2, 0.25) is 0 Å². The summed E-state index contributed by atoms with van der Waals surface area (Å²) in [5, 5.41) is 9.24. The first-order valence-electron chi connectivity index (χ1n) is 15.5. The number of hydrogen-bond donors (Lipinski definition) is 0. The van der Waals surface area contributed by atoms with E-state index in [4.69, 9.17) is 4.42 Å². The third-order valence-corrected chi connectivity index (χ3v) is 9.29. The minimum absolute atomic E-state index is 0.652. The smallest absolute Gasteiger partial charge is 0.162 e. The molecule has 0 aliphatic carbocycles. The van der Waals surface area contributed by atoms with E-state index >= 15 is 0 Å². The lowest BCUT2D eigenvalue weighted by Gasteiger charge is -2.11. The Balaban J connectivity index is 1.42. The lowest BCUT2D eigenvalue weighted by molar-refractivity contribution is 0.673. The number of para-hydroxylation sites is 1. The third-order valence-electron chi connectivity index (χ3n) is 9.29. The van der Waals surface area contributed by atoms with Crippen LogP contribution in [0.3, 0.4) is 0 Å². The monoisotopic (exact) mass is 587 g/mol. The Kier molecular flexibility index (Phi) is 5.25. The molecule has 0 radical (unpaired) electrons. The second-order valence-electron chi connectivity index (χ2n) is 11.8. The van der Waals surface area contributed by atoms with Gasteiger partial charge in [-0.1, -0.05) is 109 Å². The Morgan fingerprint density at radius 2 is 1.15 bits per heavy atom. The summed E-state index contributed by atoms with van der Waals surface area (Å²) in [6.07, 6.45) is 3.56. The highest BCUT2D eigenvalue weighted by molar-refractivity contribution is 6.39. The fraction of sp³-hybridized carbons (Fsp3) is 0. The quantitative estimate of drug-likeness (QED) is 0.207. The molecule has 0 aliphatic rings. The van der Waals surface area contributed by atoms with Crippen LogP contribution in [0.15, 0.2) is 156 Å². The average Bonchev–Trinajstić information content (AvgIpc) is 3.70. The Morgan fingerprint density at radius 3 is 1.98 bits per heavy atom. The Labute approximate surface area is 263 Å². The van der Waals surface area contributed by atoms with Crippen molar-refractivity contribution >= 4 is 65.3 Å². The van der Waals surface area contributed by atoms with Crippen LogP contribution in [0.5, 0.6) is 0 Å². The SMILES string of the molecule is c1ccc(-c2ccc(-n3c4ccc5ccccc5c4c4c5c6cccc(-c7ncccn7)c6oc5c5ccccc5c43)cc2)cc1. The molecule has 0 N–H and O–H groups in total. The van der Waals surface area contributed by atoms with E-state index in [0.29, 0.717) is 5.82 Å². The first kappa shape index (κ1) is 25.1. The molecule has 46 heavy (non-hydrogen) atoms. The number of aromatic nitrogens is 3. The first-order chi connectivity index (χ1) is 22.8. The van der Waals surface area contributed by atoms with Gasteiger partial charge >= 0.3 is 0 Å². The second kappa shape index (κ2) is 9.62. The topological polar surface area (TPSA) is 43.9 Å². The van der Waals surface area contributed by atoms with E-state index in [9.17, 15) is 0 Å². The van der Waals surface area contributed by atoms with Crippen molar-refractivity contribution in [2.45, 2.75) is 0 Å². The van der Waals surface area contributed by atoms with Gasteiger partial charge in [0.2, 0.25) is 0 Å². The van der Waals surface area contributed by atoms with E-state index in [1.807, 2.05) is 12.1 Å². The molecule has 0 aliphatic heterocycles. The zero-order chi connectivity index (χ0) is 30.2. The van der Waals surface area contributed by atoms with Crippen molar-refractivity contribution < 1.29 is 4.42 Å². The number of hydrogen-bond acceptors (Lipinski definition) is 3. The summed E-state index contributed by atoms with van der Waals surface area (Å²) in [6.45, 7) is 0. The van der Waals surface area contributed by atoms with Crippen molar-refractivity contribution in [3.8, 4) is 28.2 Å². The predicted molar refractivity (Wildman–Crippen MR) is 190 cm³/mol. The highest BCUT2D eigenvalue weighted by Crippen LogP contribution is 2.48. The molecule has 4 heteroatoms. The summed E-state index contributed by atoms with van der Waals surface area (Å²) in [6, 6.07) is 49.4. The van der Waals surface area contributed by atoms with Gasteiger partial charge in [-0.05, 0) is 52.2 Å². The lowest BCUT2D eigenvalue weighted by atomic mass is 9.97. The molecule has 0 saturated heterocycles. The lowest BCUT2D eigenvalue weighted by Crippen LogP contribution is -1.95. The molecular weight excluding hydrogens is 562 g/mol.